The van der Waals surface area contributed by atoms with Gasteiger partial charge in [0.05, 0.1) is 13.2 Å². The molecule has 0 radical (unpaired) electrons. The van der Waals surface area contributed by atoms with E-state index in [4.69, 9.17) is 5.11 Å². The highest BCUT2D eigenvalue weighted by atomic mass is 16.5. The van der Waals surface area contributed by atoms with E-state index < -0.39 is 5.97 Å². The first-order chi connectivity index (χ1) is 6.60. The molecule has 0 saturated heterocycles. The SMILES string of the molecule is C=CC(=O)OC.CC1CCCC(O)C1. The Balaban J connectivity index is 0.000000255. The molecule has 0 aromatic rings. The first-order valence-electron chi connectivity index (χ1n) is 4.98. The third-order valence-corrected chi connectivity index (χ3v) is 2.28. The molecule has 1 N–H and O–H groups in total. The Bertz CT molecular complexity index is 169. The molecule has 82 valence electrons. The van der Waals surface area contributed by atoms with Crippen LogP contribution in [0.15, 0.2) is 12.7 Å². The molecular weight excluding hydrogens is 180 g/mol. The van der Waals surface area contributed by atoms with Crippen molar-refractivity contribution in [2.24, 2.45) is 5.92 Å². The number of aliphatic hydroxyl groups excluding tert-OH is 1. The van der Waals surface area contributed by atoms with Crippen molar-refractivity contribution >= 4 is 5.97 Å². The highest BCUT2D eigenvalue weighted by Crippen LogP contribution is 2.22. The summed E-state index contributed by atoms with van der Waals surface area (Å²) >= 11 is 0. The molecule has 0 bridgehead atoms. The lowest BCUT2D eigenvalue weighted by Crippen LogP contribution is -2.16. The van der Waals surface area contributed by atoms with Crippen LogP contribution in [0.1, 0.15) is 32.6 Å². The molecule has 0 amide bonds. The molecule has 3 nitrogen and oxygen atoms in total. The molecule has 1 rings (SSSR count). The van der Waals surface area contributed by atoms with Crippen molar-refractivity contribution in [1.82, 2.24) is 0 Å². The summed E-state index contributed by atoms with van der Waals surface area (Å²) in [5, 5.41) is 9.08. The minimum atomic E-state index is -0.394. The van der Waals surface area contributed by atoms with E-state index in [0.717, 1.165) is 24.8 Å². The Morgan fingerprint density at radius 1 is 1.57 bits per heavy atom. The van der Waals surface area contributed by atoms with E-state index in [9.17, 15) is 4.79 Å². The first kappa shape index (κ1) is 13.2. The second kappa shape index (κ2) is 7.56. The van der Waals surface area contributed by atoms with Crippen molar-refractivity contribution in [3.05, 3.63) is 12.7 Å². The van der Waals surface area contributed by atoms with Crippen molar-refractivity contribution in [2.45, 2.75) is 38.7 Å². The van der Waals surface area contributed by atoms with Crippen LogP contribution in [0.25, 0.3) is 0 Å². The van der Waals surface area contributed by atoms with Crippen LogP contribution < -0.4 is 0 Å². The molecule has 0 heterocycles. The second-order valence-electron chi connectivity index (χ2n) is 3.65. The molecule has 0 aromatic heterocycles. The summed E-state index contributed by atoms with van der Waals surface area (Å²) in [6.45, 7) is 5.37. The number of rotatable bonds is 1. The summed E-state index contributed by atoms with van der Waals surface area (Å²) in [5.74, 6) is 0.369. The third-order valence-electron chi connectivity index (χ3n) is 2.28. The van der Waals surface area contributed by atoms with Gasteiger partial charge < -0.3 is 9.84 Å². The molecule has 2 unspecified atom stereocenters. The van der Waals surface area contributed by atoms with Gasteiger partial charge in [0.15, 0.2) is 0 Å². The van der Waals surface area contributed by atoms with Crippen molar-refractivity contribution in [3.63, 3.8) is 0 Å². The maximum absolute atomic E-state index is 9.84. The third kappa shape index (κ3) is 6.66. The topological polar surface area (TPSA) is 46.5 Å². The van der Waals surface area contributed by atoms with Crippen LogP contribution in [-0.2, 0) is 9.53 Å². The average Bonchev–Trinajstić information content (AvgIpc) is 2.17. The zero-order valence-corrected chi connectivity index (χ0v) is 9.03. The van der Waals surface area contributed by atoms with Gasteiger partial charge in [0.25, 0.3) is 0 Å². The molecule has 1 aliphatic rings. The number of carbonyl (C=O) groups excluding carboxylic acids is 1. The molecule has 1 saturated carbocycles. The van der Waals surface area contributed by atoms with E-state index in [1.165, 1.54) is 20.0 Å². The number of esters is 1. The Morgan fingerprint density at radius 3 is 2.43 bits per heavy atom. The fourth-order valence-electron chi connectivity index (χ4n) is 1.49. The lowest BCUT2D eigenvalue weighted by molar-refractivity contribution is -0.134. The van der Waals surface area contributed by atoms with Gasteiger partial charge >= 0.3 is 5.97 Å². The monoisotopic (exact) mass is 200 g/mol. The molecule has 0 spiro atoms. The largest absolute Gasteiger partial charge is 0.466 e. The molecule has 14 heavy (non-hydrogen) atoms. The molecule has 1 aliphatic carbocycles. The van der Waals surface area contributed by atoms with Crippen molar-refractivity contribution < 1.29 is 14.6 Å². The zero-order chi connectivity index (χ0) is 11.0. The molecule has 0 aliphatic heterocycles. The molecular formula is C11H20O3. The number of hydrogen-bond acceptors (Lipinski definition) is 3. The lowest BCUT2D eigenvalue weighted by Gasteiger charge is -2.21. The van der Waals surface area contributed by atoms with Gasteiger partial charge in [0.1, 0.15) is 0 Å². The maximum atomic E-state index is 9.84. The number of hydrogen-bond donors (Lipinski definition) is 1. The van der Waals surface area contributed by atoms with Crippen molar-refractivity contribution in [3.8, 4) is 0 Å². The van der Waals surface area contributed by atoms with Crippen LogP contribution in [0.4, 0.5) is 0 Å². The summed E-state index contributed by atoms with van der Waals surface area (Å²) in [6.07, 6.45) is 5.72. The van der Waals surface area contributed by atoms with E-state index in [1.54, 1.807) is 0 Å². The standard InChI is InChI=1S/C7H14O.C4H6O2/c1-6-3-2-4-7(8)5-6;1-3-4(5)6-2/h6-8H,2-5H2,1H3;3H,1H2,2H3. The van der Waals surface area contributed by atoms with Gasteiger partial charge in [0, 0.05) is 6.08 Å². The highest BCUT2D eigenvalue weighted by molar-refractivity contribution is 5.80. The van der Waals surface area contributed by atoms with Crippen molar-refractivity contribution in [2.75, 3.05) is 7.11 Å². The average molecular weight is 200 g/mol. The Kier molecular flexibility index (Phi) is 7.11. The molecule has 3 heteroatoms. The summed E-state index contributed by atoms with van der Waals surface area (Å²) in [5.41, 5.74) is 0. The number of carbonyl (C=O) groups is 1. The van der Waals surface area contributed by atoms with E-state index in [2.05, 4.69) is 18.2 Å². The Morgan fingerprint density at radius 2 is 2.21 bits per heavy atom. The second-order valence-corrected chi connectivity index (χ2v) is 3.65. The number of methoxy groups -OCH3 is 1. The fraction of sp³-hybridized carbons (Fsp3) is 0.727. The van der Waals surface area contributed by atoms with E-state index in [0.29, 0.717) is 0 Å². The van der Waals surface area contributed by atoms with E-state index in [-0.39, 0.29) is 6.10 Å². The fourth-order valence-corrected chi connectivity index (χ4v) is 1.49. The summed E-state index contributed by atoms with van der Waals surface area (Å²) < 4.78 is 4.14. The van der Waals surface area contributed by atoms with Gasteiger partial charge in [0.2, 0.25) is 0 Å². The minimum absolute atomic E-state index is 0.0127. The highest BCUT2D eigenvalue weighted by Gasteiger charge is 2.15. The van der Waals surface area contributed by atoms with Crippen LogP contribution in [0, 0.1) is 5.92 Å². The Labute approximate surface area is 85.8 Å². The first-order valence-corrected chi connectivity index (χ1v) is 4.98. The predicted molar refractivity (Wildman–Crippen MR) is 55.9 cm³/mol. The molecule has 1 fully saturated rings. The smallest absolute Gasteiger partial charge is 0.329 e. The van der Waals surface area contributed by atoms with Gasteiger partial charge in [-0.1, -0.05) is 26.3 Å². The quantitative estimate of drug-likeness (QED) is 0.519. The maximum Gasteiger partial charge on any atom is 0.329 e. The number of ether oxygens (including phenoxy) is 1. The zero-order valence-electron chi connectivity index (χ0n) is 9.03. The number of aliphatic hydroxyl groups is 1. The molecule has 0 aromatic carbocycles. The lowest BCUT2D eigenvalue weighted by atomic mass is 9.89. The van der Waals surface area contributed by atoms with Gasteiger partial charge in [-0.15, -0.1) is 0 Å². The van der Waals surface area contributed by atoms with Gasteiger partial charge in [-0.3, -0.25) is 0 Å². The van der Waals surface area contributed by atoms with Gasteiger partial charge in [-0.2, -0.15) is 0 Å². The van der Waals surface area contributed by atoms with Crippen LogP contribution in [0.2, 0.25) is 0 Å². The van der Waals surface area contributed by atoms with Gasteiger partial charge in [-0.05, 0) is 18.8 Å². The summed E-state index contributed by atoms with van der Waals surface area (Å²) in [6, 6.07) is 0. The van der Waals surface area contributed by atoms with Crippen LogP contribution in [0.3, 0.4) is 0 Å². The normalized spacial score (nSPS) is 25.6. The van der Waals surface area contributed by atoms with Crippen LogP contribution in [0.5, 0.6) is 0 Å². The Hall–Kier alpha value is -0.830. The van der Waals surface area contributed by atoms with E-state index >= 15 is 0 Å². The van der Waals surface area contributed by atoms with Gasteiger partial charge in [-0.25, -0.2) is 4.79 Å². The minimum Gasteiger partial charge on any atom is -0.466 e. The summed E-state index contributed by atoms with van der Waals surface area (Å²) in [7, 11) is 1.31. The van der Waals surface area contributed by atoms with Crippen LogP contribution >= 0.6 is 0 Å². The van der Waals surface area contributed by atoms with Crippen LogP contribution in [-0.4, -0.2) is 24.3 Å². The van der Waals surface area contributed by atoms with E-state index in [1.807, 2.05) is 0 Å². The molecule has 2 atom stereocenters. The predicted octanol–water partition coefficient (Wildman–Crippen LogP) is 1.90. The van der Waals surface area contributed by atoms with Crippen molar-refractivity contribution in [1.29, 1.82) is 0 Å². The summed E-state index contributed by atoms with van der Waals surface area (Å²) in [4.78, 5) is 9.84.